The molecule has 2 amide bonds. The van der Waals surface area contributed by atoms with Gasteiger partial charge in [0.25, 0.3) is 11.1 Å². The molecule has 2 aromatic rings. The third-order valence-electron chi connectivity index (χ3n) is 3.97. The fourth-order valence-electron chi connectivity index (χ4n) is 2.62. The lowest BCUT2D eigenvalue weighted by molar-refractivity contribution is -0.122. The van der Waals surface area contributed by atoms with Crippen LogP contribution in [0, 0.1) is 3.57 Å². The van der Waals surface area contributed by atoms with Gasteiger partial charge in [-0.25, -0.2) is 0 Å². The summed E-state index contributed by atoms with van der Waals surface area (Å²) in [6, 6.07) is 13.6. The number of rotatable bonds is 6. The van der Waals surface area contributed by atoms with Crippen molar-refractivity contribution in [1.82, 2.24) is 4.90 Å². The minimum Gasteiger partial charge on any atom is -0.493 e. The van der Waals surface area contributed by atoms with Gasteiger partial charge < -0.3 is 9.47 Å². The van der Waals surface area contributed by atoms with Gasteiger partial charge in [0.1, 0.15) is 6.61 Å². The summed E-state index contributed by atoms with van der Waals surface area (Å²) in [5.74, 6) is 0.977. The first-order valence-electron chi connectivity index (χ1n) is 8.33. The zero-order valence-electron chi connectivity index (χ0n) is 14.9. The van der Waals surface area contributed by atoms with Gasteiger partial charge in [0, 0.05) is 6.54 Å². The number of carbonyl (C=O) groups excluding carboxylic acids is 2. The van der Waals surface area contributed by atoms with Gasteiger partial charge in [0.2, 0.25) is 0 Å². The second kappa shape index (κ2) is 8.79. The molecule has 0 spiro atoms. The number of carbonyl (C=O) groups is 2. The highest BCUT2D eigenvalue weighted by Crippen LogP contribution is 2.37. The summed E-state index contributed by atoms with van der Waals surface area (Å²) in [7, 11) is 1.58. The lowest BCUT2D eigenvalue weighted by Crippen LogP contribution is -2.27. The van der Waals surface area contributed by atoms with Crippen LogP contribution in [-0.2, 0) is 11.4 Å². The molecule has 1 fully saturated rings. The van der Waals surface area contributed by atoms with Crippen LogP contribution in [0.2, 0.25) is 0 Å². The Kier molecular flexibility index (Phi) is 6.43. The van der Waals surface area contributed by atoms with Gasteiger partial charge in [0.05, 0.1) is 15.6 Å². The predicted octanol–water partition coefficient (Wildman–Crippen LogP) is 4.94. The predicted molar refractivity (Wildman–Crippen MR) is 115 cm³/mol. The summed E-state index contributed by atoms with van der Waals surface area (Å²) in [5, 5.41) is -0.238. The van der Waals surface area contributed by atoms with Crippen molar-refractivity contribution in [3.63, 3.8) is 0 Å². The number of thioether (sulfide) groups is 1. The molecule has 0 aromatic heterocycles. The zero-order valence-corrected chi connectivity index (χ0v) is 17.9. The molecule has 2 aromatic carbocycles. The first kappa shape index (κ1) is 19.8. The number of hydrogen-bond acceptors (Lipinski definition) is 5. The molecule has 1 heterocycles. The second-order valence-electron chi connectivity index (χ2n) is 5.73. The monoisotopic (exact) mass is 495 g/mol. The zero-order chi connectivity index (χ0) is 19.4. The van der Waals surface area contributed by atoms with E-state index >= 15 is 0 Å². The second-order valence-corrected chi connectivity index (χ2v) is 7.89. The maximum atomic E-state index is 12.3. The van der Waals surface area contributed by atoms with Crippen molar-refractivity contribution < 1.29 is 19.1 Å². The largest absolute Gasteiger partial charge is 0.493 e. The summed E-state index contributed by atoms with van der Waals surface area (Å²) in [4.78, 5) is 25.8. The maximum Gasteiger partial charge on any atom is 0.293 e. The lowest BCUT2D eigenvalue weighted by Gasteiger charge is -2.14. The lowest BCUT2D eigenvalue weighted by atomic mass is 10.1. The molecule has 0 N–H and O–H groups in total. The number of hydrogen-bond donors (Lipinski definition) is 0. The molecule has 0 bridgehead atoms. The highest BCUT2D eigenvalue weighted by molar-refractivity contribution is 14.1. The van der Waals surface area contributed by atoms with Crippen LogP contribution in [0.1, 0.15) is 18.1 Å². The van der Waals surface area contributed by atoms with Crippen LogP contribution in [0.15, 0.2) is 47.4 Å². The third-order valence-corrected chi connectivity index (χ3v) is 5.67. The molecule has 1 aliphatic rings. The van der Waals surface area contributed by atoms with Crippen LogP contribution in [0.4, 0.5) is 4.79 Å². The summed E-state index contributed by atoms with van der Waals surface area (Å²) in [6.45, 7) is 2.58. The van der Waals surface area contributed by atoms with E-state index in [1.54, 1.807) is 20.1 Å². The Bertz CT molecular complexity index is 898. The van der Waals surface area contributed by atoms with Crippen molar-refractivity contribution in [1.29, 1.82) is 0 Å². The van der Waals surface area contributed by atoms with E-state index in [0.29, 0.717) is 29.6 Å². The smallest absolute Gasteiger partial charge is 0.293 e. The molecule has 27 heavy (non-hydrogen) atoms. The van der Waals surface area contributed by atoms with Crippen LogP contribution >= 0.6 is 34.4 Å². The number of methoxy groups -OCH3 is 1. The number of likely N-dealkylation sites (N-methyl/N-ethyl adjacent to an activating group) is 1. The van der Waals surface area contributed by atoms with Crippen LogP contribution in [0.25, 0.3) is 6.08 Å². The fraction of sp³-hybridized carbons (Fsp3) is 0.200. The van der Waals surface area contributed by atoms with E-state index in [1.807, 2.05) is 42.5 Å². The van der Waals surface area contributed by atoms with Gasteiger partial charge in [-0.3, -0.25) is 14.5 Å². The summed E-state index contributed by atoms with van der Waals surface area (Å²) in [5.41, 5.74) is 1.84. The van der Waals surface area contributed by atoms with Crippen molar-refractivity contribution in [2.75, 3.05) is 13.7 Å². The molecule has 7 heteroatoms. The SMILES string of the molecule is CCN1C(=O)S/C(=C/c2cc(I)c(OCc3ccccc3)c(OC)c2)C1=O. The van der Waals surface area contributed by atoms with Crippen molar-refractivity contribution in [2.45, 2.75) is 13.5 Å². The van der Waals surface area contributed by atoms with Gasteiger partial charge in [-0.15, -0.1) is 0 Å². The van der Waals surface area contributed by atoms with Gasteiger partial charge >= 0.3 is 0 Å². The summed E-state index contributed by atoms with van der Waals surface area (Å²) >= 11 is 3.14. The minimum atomic E-state index is -0.258. The van der Waals surface area contributed by atoms with Gasteiger partial charge in [-0.1, -0.05) is 30.3 Å². The van der Waals surface area contributed by atoms with Crippen LogP contribution in [0.5, 0.6) is 11.5 Å². The molecule has 1 saturated heterocycles. The van der Waals surface area contributed by atoms with Crippen LogP contribution < -0.4 is 9.47 Å². The summed E-state index contributed by atoms with van der Waals surface area (Å²) in [6.07, 6.45) is 1.71. The Morgan fingerprint density at radius 2 is 1.93 bits per heavy atom. The molecule has 0 unspecified atom stereocenters. The van der Waals surface area contributed by atoms with E-state index in [0.717, 1.165) is 26.5 Å². The number of imide groups is 1. The molecule has 0 aliphatic carbocycles. The molecule has 0 radical (unpaired) electrons. The molecule has 0 atom stereocenters. The van der Waals surface area contributed by atoms with Crippen LogP contribution in [-0.4, -0.2) is 29.7 Å². The average molecular weight is 495 g/mol. The number of ether oxygens (including phenoxy) is 2. The Balaban J connectivity index is 1.85. The maximum absolute atomic E-state index is 12.3. The quantitative estimate of drug-likeness (QED) is 0.420. The van der Waals surface area contributed by atoms with Gasteiger partial charge in [-0.2, -0.15) is 0 Å². The highest BCUT2D eigenvalue weighted by atomic mass is 127. The van der Waals surface area contributed by atoms with Crippen molar-refractivity contribution in [3.05, 3.63) is 62.1 Å². The van der Waals surface area contributed by atoms with Crippen LogP contribution in [0.3, 0.4) is 0 Å². The average Bonchev–Trinajstić information content (AvgIpc) is 2.93. The number of benzene rings is 2. The third kappa shape index (κ3) is 4.47. The van der Waals surface area contributed by atoms with Gasteiger partial charge in [0.15, 0.2) is 11.5 Å². The summed E-state index contributed by atoms with van der Waals surface area (Å²) < 4.78 is 12.3. The first-order chi connectivity index (χ1) is 13.0. The number of nitrogens with zero attached hydrogens (tertiary/aromatic N) is 1. The van der Waals surface area contributed by atoms with Crippen molar-refractivity contribution >= 4 is 51.6 Å². The van der Waals surface area contributed by atoms with E-state index in [1.165, 1.54) is 4.90 Å². The Labute approximate surface area is 175 Å². The number of halogens is 1. The topological polar surface area (TPSA) is 55.8 Å². The standard InChI is InChI=1S/C20H18INO4S/c1-3-22-19(23)17(27-20(22)24)11-14-9-15(21)18(16(10-14)25-2)26-12-13-7-5-4-6-8-13/h4-11H,3,12H2,1-2H3/b17-11+. The molecule has 140 valence electrons. The first-order valence-corrected chi connectivity index (χ1v) is 10.2. The highest BCUT2D eigenvalue weighted by Gasteiger charge is 2.33. The molecule has 1 aliphatic heterocycles. The molecule has 0 saturated carbocycles. The molecular formula is C20H18INO4S. The Morgan fingerprint density at radius 3 is 2.56 bits per heavy atom. The Hall–Kier alpha value is -2.00. The Morgan fingerprint density at radius 1 is 1.19 bits per heavy atom. The van der Waals surface area contributed by atoms with Crippen molar-refractivity contribution in [3.8, 4) is 11.5 Å². The van der Waals surface area contributed by atoms with E-state index in [2.05, 4.69) is 22.6 Å². The van der Waals surface area contributed by atoms with Gasteiger partial charge in [-0.05, 0) is 70.6 Å². The van der Waals surface area contributed by atoms with E-state index in [-0.39, 0.29) is 11.1 Å². The van der Waals surface area contributed by atoms with Crippen molar-refractivity contribution in [2.24, 2.45) is 0 Å². The van der Waals surface area contributed by atoms with E-state index in [9.17, 15) is 9.59 Å². The normalized spacial score (nSPS) is 15.5. The number of amides is 2. The molecule has 3 rings (SSSR count). The minimum absolute atomic E-state index is 0.238. The van der Waals surface area contributed by atoms with E-state index in [4.69, 9.17) is 9.47 Å². The fourth-order valence-corrected chi connectivity index (χ4v) is 4.30. The molecule has 5 nitrogen and oxygen atoms in total. The molecular weight excluding hydrogens is 477 g/mol. The van der Waals surface area contributed by atoms with E-state index < -0.39 is 0 Å².